The molecule has 1 aromatic heterocycles. The summed E-state index contributed by atoms with van der Waals surface area (Å²) < 4.78 is 40.4. The van der Waals surface area contributed by atoms with Gasteiger partial charge in [-0.2, -0.15) is 0 Å². The molecule has 0 radical (unpaired) electrons. The molecule has 1 saturated carbocycles. The van der Waals surface area contributed by atoms with E-state index >= 15 is 0 Å². The van der Waals surface area contributed by atoms with Crippen LogP contribution in [0.1, 0.15) is 71.5 Å². The standard InChI is InChI=1S/C21H36FN3O3S/c1-15(2)14-29(27,28)25-19-7-5-16(6-8-19)10-21(3,4)24-13-20(26)17-9-18(22)12-23-11-17/h9,11-12,15-16,19-20,24-26H,5-8,10,13-14H2,1-4H3/t16-,19-,20-/m0/s1. The van der Waals surface area contributed by atoms with E-state index < -0.39 is 21.9 Å². The molecule has 1 aliphatic rings. The van der Waals surface area contributed by atoms with Crippen LogP contribution in [0.25, 0.3) is 0 Å². The van der Waals surface area contributed by atoms with Crippen LogP contribution in [0.4, 0.5) is 4.39 Å². The lowest BCUT2D eigenvalue weighted by Gasteiger charge is -2.35. The van der Waals surface area contributed by atoms with Crippen molar-refractivity contribution in [3.63, 3.8) is 0 Å². The number of aliphatic hydroxyl groups is 1. The number of β-amino-alcohol motifs (C(OH)–C–C–N with tert-alkyl or cyclic N) is 1. The molecule has 2 rings (SSSR count). The lowest BCUT2D eigenvalue weighted by Crippen LogP contribution is -2.45. The molecule has 0 bridgehead atoms. The zero-order valence-corrected chi connectivity index (χ0v) is 18.8. The molecular weight excluding hydrogens is 393 g/mol. The molecule has 0 saturated heterocycles. The van der Waals surface area contributed by atoms with Crippen LogP contribution in [0, 0.1) is 17.7 Å². The zero-order chi connectivity index (χ0) is 21.7. The van der Waals surface area contributed by atoms with Crippen molar-refractivity contribution < 1.29 is 17.9 Å². The molecule has 1 aliphatic carbocycles. The number of nitrogens with one attached hydrogen (secondary N) is 2. The fourth-order valence-corrected chi connectivity index (χ4v) is 5.84. The van der Waals surface area contributed by atoms with Gasteiger partial charge in [0.2, 0.25) is 10.0 Å². The highest BCUT2D eigenvalue weighted by Gasteiger charge is 2.29. The van der Waals surface area contributed by atoms with Gasteiger partial charge in [-0.1, -0.05) is 13.8 Å². The quantitative estimate of drug-likeness (QED) is 0.531. The number of rotatable bonds is 10. The summed E-state index contributed by atoms with van der Waals surface area (Å²) >= 11 is 0. The maximum atomic E-state index is 13.3. The van der Waals surface area contributed by atoms with Crippen LogP contribution in [0.2, 0.25) is 0 Å². The average Bonchev–Trinajstić information content (AvgIpc) is 2.60. The van der Waals surface area contributed by atoms with E-state index in [0.29, 0.717) is 18.0 Å². The average molecular weight is 430 g/mol. The summed E-state index contributed by atoms with van der Waals surface area (Å²) in [6.07, 6.45) is 6.39. The van der Waals surface area contributed by atoms with Gasteiger partial charge in [0.05, 0.1) is 18.1 Å². The van der Waals surface area contributed by atoms with Crippen molar-refractivity contribution in [1.82, 2.24) is 15.0 Å². The molecule has 0 aliphatic heterocycles. The molecular formula is C21H36FN3O3S. The smallest absolute Gasteiger partial charge is 0.212 e. The Labute approximate surface area is 174 Å². The molecule has 0 spiro atoms. The van der Waals surface area contributed by atoms with E-state index in [9.17, 15) is 17.9 Å². The summed E-state index contributed by atoms with van der Waals surface area (Å²) in [5.41, 5.74) is 0.276. The lowest BCUT2D eigenvalue weighted by molar-refractivity contribution is 0.149. The summed E-state index contributed by atoms with van der Waals surface area (Å²) in [4.78, 5) is 3.78. The van der Waals surface area contributed by atoms with Gasteiger partial charge in [-0.25, -0.2) is 17.5 Å². The Morgan fingerprint density at radius 1 is 1.24 bits per heavy atom. The minimum absolute atomic E-state index is 0.0355. The zero-order valence-electron chi connectivity index (χ0n) is 18.0. The number of nitrogens with zero attached hydrogens (tertiary/aromatic N) is 1. The van der Waals surface area contributed by atoms with Crippen molar-refractivity contribution in [2.24, 2.45) is 11.8 Å². The monoisotopic (exact) mass is 429 g/mol. The van der Waals surface area contributed by atoms with Crippen molar-refractivity contribution >= 4 is 10.0 Å². The first kappa shape index (κ1) is 24.2. The number of halogens is 1. The van der Waals surface area contributed by atoms with Crippen LogP contribution in [0.3, 0.4) is 0 Å². The topological polar surface area (TPSA) is 91.3 Å². The Kier molecular flexibility index (Phi) is 8.58. The van der Waals surface area contributed by atoms with Crippen LogP contribution in [0.15, 0.2) is 18.5 Å². The van der Waals surface area contributed by atoms with Gasteiger partial charge >= 0.3 is 0 Å². The summed E-state index contributed by atoms with van der Waals surface area (Å²) in [5.74, 6) is 0.347. The third kappa shape index (κ3) is 8.66. The molecule has 3 N–H and O–H groups in total. The fourth-order valence-electron chi connectivity index (χ4n) is 4.12. The second kappa shape index (κ2) is 10.3. The van der Waals surface area contributed by atoms with E-state index in [1.807, 2.05) is 13.8 Å². The summed E-state index contributed by atoms with van der Waals surface area (Å²) in [6.45, 7) is 8.34. The van der Waals surface area contributed by atoms with Crippen molar-refractivity contribution in [3.8, 4) is 0 Å². The predicted molar refractivity (Wildman–Crippen MR) is 113 cm³/mol. The highest BCUT2D eigenvalue weighted by molar-refractivity contribution is 7.89. The van der Waals surface area contributed by atoms with E-state index in [1.165, 1.54) is 12.3 Å². The molecule has 29 heavy (non-hydrogen) atoms. The third-order valence-corrected chi connectivity index (χ3v) is 7.23. The number of pyridine rings is 1. The van der Waals surface area contributed by atoms with Crippen molar-refractivity contribution in [3.05, 3.63) is 29.8 Å². The molecule has 1 atom stereocenters. The van der Waals surface area contributed by atoms with Gasteiger partial charge in [-0.3, -0.25) is 4.98 Å². The molecule has 6 nitrogen and oxygen atoms in total. The molecule has 0 aromatic carbocycles. The van der Waals surface area contributed by atoms with Gasteiger partial charge in [-0.05, 0) is 63.9 Å². The highest BCUT2D eigenvalue weighted by Crippen LogP contribution is 2.31. The third-order valence-electron chi connectivity index (χ3n) is 5.43. The van der Waals surface area contributed by atoms with Gasteiger partial charge in [0.25, 0.3) is 0 Å². The van der Waals surface area contributed by atoms with E-state index in [0.717, 1.165) is 38.3 Å². The number of hydrogen-bond donors (Lipinski definition) is 3. The van der Waals surface area contributed by atoms with E-state index in [1.54, 1.807) is 0 Å². The molecule has 0 amide bonds. The summed E-state index contributed by atoms with van der Waals surface area (Å²) in [5, 5.41) is 13.7. The number of sulfonamides is 1. The van der Waals surface area contributed by atoms with E-state index in [2.05, 4.69) is 28.9 Å². The second-order valence-electron chi connectivity index (χ2n) is 9.43. The van der Waals surface area contributed by atoms with Crippen molar-refractivity contribution in [1.29, 1.82) is 0 Å². The largest absolute Gasteiger partial charge is 0.387 e. The van der Waals surface area contributed by atoms with Gasteiger partial charge in [0.1, 0.15) is 5.82 Å². The highest BCUT2D eigenvalue weighted by atomic mass is 32.2. The van der Waals surface area contributed by atoms with Crippen LogP contribution in [0.5, 0.6) is 0 Å². The van der Waals surface area contributed by atoms with Gasteiger partial charge < -0.3 is 10.4 Å². The Hall–Kier alpha value is -1.09. The van der Waals surface area contributed by atoms with Crippen LogP contribution in [-0.4, -0.2) is 42.4 Å². The van der Waals surface area contributed by atoms with Gasteiger partial charge in [0.15, 0.2) is 0 Å². The minimum Gasteiger partial charge on any atom is -0.387 e. The molecule has 0 unspecified atom stereocenters. The Morgan fingerprint density at radius 2 is 1.90 bits per heavy atom. The minimum atomic E-state index is -3.20. The lowest BCUT2D eigenvalue weighted by atomic mass is 9.79. The molecule has 8 heteroatoms. The van der Waals surface area contributed by atoms with E-state index in [4.69, 9.17) is 0 Å². The van der Waals surface area contributed by atoms with Gasteiger partial charge in [0, 0.05) is 29.9 Å². The van der Waals surface area contributed by atoms with Crippen LogP contribution in [-0.2, 0) is 10.0 Å². The fraction of sp³-hybridized carbons (Fsp3) is 0.762. The Bertz CT molecular complexity index is 747. The number of aliphatic hydroxyl groups excluding tert-OH is 1. The molecule has 1 fully saturated rings. The SMILES string of the molecule is CC(C)CS(=O)(=O)N[C@H]1CC[C@H](CC(C)(C)NC[C@H](O)c2cncc(F)c2)CC1. The molecule has 166 valence electrons. The van der Waals surface area contributed by atoms with Crippen molar-refractivity contribution in [2.75, 3.05) is 12.3 Å². The molecule has 1 aromatic rings. The van der Waals surface area contributed by atoms with Gasteiger partial charge in [-0.15, -0.1) is 0 Å². The maximum Gasteiger partial charge on any atom is 0.212 e. The van der Waals surface area contributed by atoms with Crippen molar-refractivity contribution in [2.45, 2.75) is 77.5 Å². The first-order valence-electron chi connectivity index (χ1n) is 10.5. The Balaban J connectivity index is 1.77. The molecule has 1 heterocycles. The maximum absolute atomic E-state index is 13.3. The first-order valence-corrected chi connectivity index (χ1v) is 12.1. The van der Waals surface area contributed by atoms with Crippen LogP contribution < -0.4 is 10.0 Å². The predicted octanol–water partition coefficient (Wildman–Crippen LogP) is 3.15. The second-order valence-corrected chi connectivity index (χ2v) is 11.2. The Morgan fingerprint density at radius 3 is 2.48 bits per heavy atom. The first-order chi connectivity index (χ1) is 13.5. The summed E-state index contributed by atoms with van der Waals surface area (Å²) in [7, 11) is -3.20. The van der Waals surface area contributed by atoms with E-state index in [-0.39, 0.29) is 23.3 Å². The van der Waals surface area contributed by atoms with Crippen LogP contribution >= 0.6 is 0 Å². The number of aromatic nitrogens is 1. The normalized spacial score (nSPS) is 22.0. The number of hydrogen-bond acceptors (Lipinski definition) is 5. The summed E-state index contributed by atoms with van der Waals surface area (Å²) in [6, 6.07) is 1.34.